The van der Waals surface area contributed by atoms with Crippen LogP contribution in [-0.2, 0) is 13.9 Å². The van der Waals surface area contributed by atoms with Crippen LogP contribution in [0.15, 0.2) is 0 Å². The number of rotatable bonds is 8. The van der Waals surface area contributed by atoms with Crippen molar-refractivity contribution < 1.29 is 13.9 Å². The summed E-state index contributed by atoms with van der Waals surface area (Å²) in [7, 11) is 2.69. The minimum absolute atomic E-state index is 0.536. The van der Waals surface area contributed by atoms with Crippen LogP contribution < -0.4 is 0 Å². The van der Waals surface area contributed by atoms with Crippen LogP contribution in [0.2, 0.25) is 6.04 Å². The summed E-state index contributed by atoms with van der Waals surface area (Å²) in [5.41, 5.74) is 0. The molecule has 5 heteroatoms. The lowest BCUT2D eigenvalue weighted by Crippen LogP contribution is -2.37. The van der Waals surface area contributed by atoms with Crippen molar-refractivity contribution in [1.29, 1.82) is 0 Å². The van der Waals surface area contributed by atoms with Crippen molar-refractivity contribution in [2.75, 3.05) is 20.0 Å². The third kappa shape index (κ3) is 5.02. The van der Waals surface area contributed by atoms with Crippen LogP contribution in [0.4, 0.5) is 0 Å². The maximum atomic E-state index is 5.64. The molecule has 0 bridgehead atoms. The summed E-state index contributed by atoms with van der Waals surface area (Å²) < 4.78 is 16.0. The zero-order chi connectivity index (χ0) is 10.2. The predicted molar refractivity (Wildman–Crippen MR) is 59.9 cm³/mol. The van der Waals surface area contributed by atoms with Gasteiger partial charge >= 0.3 is 0 Å². The van der Waals surface area contributed by atoms with Gasteiger partial charge in [-0.25, -0.2) is 0 Å². The molecule has 0 N–H and O–H groups in total. The molecule has 0 fully saturated rings. The van der Waals surface area contributed by atoms with E-state index in [0.717, 1.165) is 18.2 Å². The fourth-order valence-corrected chi connectivity index (χ4v) is 3.03. The highest BCUT2D eigenvalue weighted by molar-refractivity contribution is 7.80. The van der Waals surface area contributed by atoms with Crippen molar-refractivity contribution in [2.45, 2.75) is 31.8 Å². The monoisotopic (exact) mass is 224 g/mol. The standard InChI is InChI=1S/C8H20O3SSi/c1-4-8(9-2,10-3)11-13-7-5-6-12/h12H,4-7,13H2,1-3H3. The van der Waals surface area contributed by atoms with Crippen molar-refractivity contribution in [3.05, 3.63) is 0 Å². The van der Waals surface area contributed by atoms with Gasteiger partial charge in [-0.3, -0.25) is 0 Å². The molecular formula is C8H20O3SSi. The average molecular weight is 224 g/mol. The minimum atomic E-state index is -0.789. The van der Waals surface area contributed by atoms with Crippen LogP contribution in [0.5, 0.6) is 0 Å². The Hall–Kier alpha value is 0.447. The molecule has 0 unspecified atom stereocenters. The Labute approximate surface area is 88.5 Å². The van der Waals surface area contributed by atoms with Gasteiger partial charge in [0, 0.05) is 20.6 Å². The lowest BCUT2D eigenvalue weighted by molar-refractivity contribution is -0.324. The number of thiol groups is 1. The van der Waals surface area contributed by atoms with E-state index in [-0.39, 0.29) is 0 Å². The Morgan fingerprint density at radius 2 is 1.92 bits per heavy atom. The van der Waals surface area contributed by atoms with Gasteiger partial charge in [-0.1, -0.05) is 6.92 Å². The summed E-state index contributed by atoms with van der Waals surface area (Å²) in [5.74, 6) is 0.137. The summed E-state index contributed by atoms with van der Waals surface area (Å²) in [6.45, 7) is 1.99. The number of hydrogen-bond acceptors (Lipinski definition) is 4. The van der Waals surface area contributed by atoms with Gasteiger partial charge in [0.2, 0.25) is 0 Å². The molecule has 0 aliphatic heterocycles. The molecule has 0 saturated heterocycles. The normalized spacial score (nSPS) is 12.9. The van der Waals surface area contributed by atoms with E-state index in [9.17, 15) is 0 Å². The van der Waals surface area contributed by atoms with Crippen molar-refractivity contribution in [3.63, 3.8) is 0 Å². The molecule has 13 heavy (non-hydrogen) atoms. The minimum Gasteiger partial charge on any atom is -0.376 e. The molecule has 0 spiro atoms. The summed E-state index contributed by atoms with van der Waals surface area (Å²) in [6, 6.07) is 1.12. The number of ether oxygens (including phenoxy) is 2. The van der Waals surface area contributed by atoms with Crippen molar-refractivity contribution >= 4 is 22.4 Å². The lowest BCUT2D eigenvalue weighted by Gasteiger charge is -2.29. The molecule has 0 aromatic heterocycles. The highest BCUT2D eigenvalue weighted by Gasteiger charge is 2.27. The van der Waals surface area contributed by atoms with E-state index in [4.69, 9.17) is 13.9 Å². The lowest BCUT2D eigenvalue weighted by atomic mass is 10.4. The van der Waals surface area contributed by atoms with E-state index >= 15 is 0 Å². The predicted octanol–water partition coefficient (Wildman–Crippen LogP) is 1.18. The fourth-order valence-electron chi connectivity index (χ4n) is 1.03. The number of hydrogen-bond donors (Lipinski definition) is 1. The second-order valence-electron chi connectivity index (χ2n) is 2.72. The van der Waals surface area contributed by atoms with Crippen LogP contribution in [0.3, 0.4) is 0 Å². The van der Waals surface area contributed by atoms with Crippen LogP contribution in [0, 0.1) is 0 Å². The summed E-state index contributed by atoms with van der Waals surface area (Å²) >= 11 is 4.14. The summed E-state index contributed by atoms with van der Waals surface area (Å²) in [6.07, 6.45) is 1.83. The molecule has 0 aromatic carbocycles. The van der Waals surface area contributed by atoms with Gasteiger partial charge < -0.3 is 13.9 Å². The third-order valence-electron chi connectivity index (χ3n) is 1.93. The van der Waals surface area contributed by atoms with Gasteiger partial charge in [0.1, 0.15) is 0 Å². The van der Waals surface area contributed by atoms with E-state index in [2.05, 4.69) is 12.6 Å². The zero-order valence-electron chi connectivity index (χ0n) is 8.71. The van der Waals surface area contributed by atoms with Crippen molar-refractivity contribution in [1.82, 2.24) is 0 Å². The highest BCUT2D eigenvalue weighted by Crippen LogP contribution is 2.17. The molecule has 0 atom stereocenters. The molecule has 0 amide bonds. The second kappa shape index (κ2) is 7.81. The van der Waals surface area contributed by atoms with E-state index < -0.39 is 15.7 Å². The fraction of sp³-hybridized carbons (Fsp3) is 1.00. The van der Waals surface area contributed by atoms with Crippen LogP contribution in [0.25, 0.3) is 0 Å². The van der Waals surface area contributed by atoms with Crippen LogP contribution >= 0.6 is 12.6 Å². The first-order chi connectivity index (χ1) is 6.24. The maximum absolute atomic E-state index is 5.64. The van der Waals surface area contributed by atoms with Gasteiger partial charge in [0.25, 0.3) is 5.97 Å². The van der Waals surface area contributed by atoms with E-state index in [0.29, 0.717) is 6.42 Å². The van der Waals surface area contributed by atoms with Crippen LogP contribution in [-0.4, -0.2) is 35.7 Å². The average Bonchev–Trinajstić information content (AvgIpc) is 2.20. The topological polar surface area (TPSA) is 27.7 Å². The van der Waals surface area contributed by atoms with Crippen LogP contribution in [0.1, 0.15) is 19.8 Å². The molecule has 80 valence electrons. The Morgan fingerprint density at radius 1 is 1.31 bits per heavy atom. The van der Waals surface area contributed by atoms with Gasteiger partial charge in [-0.2, -0.15) is 12.6 Å². The quantitative estimate of drug-likeness (QED) is 0.290. The summed E-state index contributed by atoms with van der Waals surface area (Å²) in [4.78, 5) is 0. The van der Waals surface area contributed by atoms with Crippen molar-refractivity contribution in [3.8, 4) is 0 Å². The summed E-state index contributed by atoms with van der Waals surface area (Å²) in [5, 5.41) is 0. The molecule has 0 aliphatic rings. The largest absolute Gasteiger partial charge is 0.376 e. The Kier molecular flexibility index (Phi) is 8.08. The molecular weight excluding hydrogens is 204 g/mol. The molecule has 0 saturated carbocycles. The maximum Gasteiger partial charge on any atom is 0.272 e. The smallest absolute Gasteiger partial charge is 0.272 e. The van der Waals surface area contributed by atoms with Gasteiger partial charge in [0.15, 0.2) is 9.76 Å². The Bertz CT molecular complexity index is 112. The Balaban J connectivity index is 3.68. The first-order valence-corrected chi connectivity index (χ1v) is 6.80. The van der Waals surface area contributed by atoms with Gasteiger partial charge in [-0.15, -0.1) is 0 Å². The number of methoxy groups -OCH3 is 2. The van der Waals surface area contributed by atoms with E-state index in [1.807, 2.05) is 6.92 Å². The van der Waals surface area contributed by atoms with E-state index in [1.54, 1.807) is 14.2 Å². The zero-order valence-corrected chi connectivity index (χ0v) is 11.0. The molecule has 0 aliphatic carbocycles. The van der Waals surface area contributed by atoms with E-state index in [1.165, 1.54) is 0 Å². The van der Waals surface area contributed by atoms with Gasteiger partial charge in [-0.05, 0) is 18.2 Å². The third-order valence-corrected chi connectivity index (χ3v) is 3.68. The molecule has 3 nitrogen and oxygen atoms in total. The second-order valence-corrected chi connectivity index (χ2v) is 4.58. The SMILES string of the molecule is CCC(OC)(OC)O[SiH2]CCCS. The molecule has 0 radical (unpaired) electrons. The Morgan fingerprint density at radius 3 is 2.31 bits per heavy atom. The first kappa shape index (κ1) is 13.4. The first-order valence-electron chi connectivity index (χ1n) is 4.59. The van der Waals surface area contributed by atoms with Gasteiger partial charge in [0.05, 0.1) is 0 Å². The van der Waals surface area contributed by atoms with Crippen molar-refractivity contribution in [2.24, 2.45) is 0 Å². The molecule has 0 rings (SSSR count). The highest BCUT2D eigenvalue weighted by atomic mass is 32.1. The molecule has 0 heterocycles. The molecule has 0 aromatic rings.